The molecule has 1 unspecified atom stereocenters. The standard InChI is InChI=1S/C21H20ClNO7/c1-12(21(25)23-14-5-6-16-17(10-14)29-11-28-16)30-19(24)7-4-13-8-15(22)20(27-3)18(9-13)26-2/h4-10,12H,11H2,1-3H3,(H,23,25)/b7-4+. The van der Waals surface area contributed by atoms with E-state index >= 15 is 0 Å². The fourth-order valence-electron chi connectivity index (χ4n) is 2.68. The van der Waals surface area contributed by atoms with Gasteiger partial charge in [0.2, 0.25) is 6.79 Å². The number of methoxy groups -OCH3 is 2. The van der Waals surface area contributed by atoms with Crippen molar-refractivity contribution in [3.05, 3.63) is 47.0 Å². The zero-order valence-corrected chi connectivity index (χ0v) is 17.3. The maximum absolute atomic E-state index is 12.3. The van der Waals surface area contributed by atoms with Crippen LogP contribution in [-0.4, -0.2) is 39.0 Å². The van der Waals surface area contributed by atoms with Crippen LogP contribution in [0.5, 0.6) is 23.0 Å². The Hall–Kier alpha value is -3.39. The molecule has 9 heteroatoms. The van der Waals surface area contributed by atoms with Gasteiger partial charge < -0.3 is 29.0 Å². The molecule has 0 radical (unpaired) electrons. The predicted octanol–water partition coefficient (Wildman–Crippen LogP) is 3.67. The monoisotopic (exact) mass is 433 g/mol. The van der Waals surface area contributed by atoms with Gasteiger partial charge >= 0.3 is 5.97 Å². The number of anilines is 1. The van der Waals surface area contributed by atoms with Gasteiger partial charge in [0.15, 0.2) is 29.1 Å². The van der Waals surface area contributed by atoms with Gasteiger partial charge in [-0.2, -0.15) is 0 Å². The van der Waals surface area contributed by atoms with E-state index in [1.54, 1.807) is 30.3 Å². The van der Waals surface area contributed by atoms with E-state index in [1.165, 1.54) is 33.3 Å². The van der Waals surface area contributed by atoms with Crippen molar-refractivity contribution in [3.63, 3.8) is 0 Å². The Balaban J connectivity index is 1.58. The van der Waals surface area contributed by atoms with Crippen molar-refractivity contribution < 1.29 is 33.3 Å². The molecule has 8 nitrogen and oxygen atoms in total. The van der Waals surface area contributed by atoms with Crippen molar-refractivity contribution in [1.82, 2.24) is 0 Å². The molecule has 3 rings (SSSR count). The minimum absolute atomic E-state index is 0.137. The molecule has 0 spiro atoms. The first-order chi connectivity index (χ1) is 14.4. The second-order valence-electron chi connectivity index (χ2n) is 6.21. The summed E-state index contributed by atoms with van der Waals surface area (Å²) in [5, 5.41) is 3.00. The molecule has 1 heterocycles. The Morgan fingerprint density at radius 3 is 2.63 bits per heavy atom. The van der Waals surface area contributed by atoms with E-state index in [2.05, 4.69) is 5.32 Å². The van der Waals surface area contributed by atoms with Gasteiger partial charge in [-0.1, -0.05) is 11.6 Å². The van der Waals surface area contributed by atoms with Crippen molar-refractivity contribution in [2.75, 3.05) is 26.3 Å². The van der Waals surface area contributed by atoms with E-state index in [4.69, 9.17) is 35.3 Å². The number of nitrogens with one attached hydrogen (secondary N) is 1. The number of fused-ring (bicyclic) bond motifs is 1. The number of halogens is 1. The first-order valence-corrected chi connectivity index (χ1v) is 9.29. The third-order valence-electron chi connectivity index (χ3n) is 4.17. The van der Waals surface area contributed by atoms with E-state index in [1.807, 2.05) is 0 Å². The summed E-state index contributed by atoms with van der Waals surface area (Å²) in [6.45, 7) is 1.61. The van der Waals surface area contributed by atoms with E-state index in [0.29, 0.717) is 39.3 Å². The molecule has 1 amide bonds. The zero-order chi connectivity index (χ0) is 21.7. The van der Waals surface area contributed by atoms with Crippen molar-refractivity contribution in [1.29, 1.82) is 0 Å². The molecule has 0 fully saturated rings. The number of benzene rings is 2. The number of esters is 1. The zero-order valence-electron chi connectivity index (χ0n) is 16.6. The van der Waals surface area contributed by atoms with Crippen LogP contribution in [0, 0.1) is 0 Å². The highest BCUT2D eigenvalue weighted by molar-refractivity contribution is 6.32. The van der Waals surface area contributed by atoms with Gasteiger partial charge in [0.25, 0.3) is 5.91 Å². The third-order valence-corrected chi connectivity index (χ3v) is 4.45. The molecule has 1 aliphatic rings. The molecule has 1 atom stereocenters. The van der Waals surface area contributed by atoms with Crippen LogP contribution >= 0.6 is 11.6 Å². The van der Waals surface area contributed by atoms with Gasteiger partial charge in [-0.05, 0) is 42.8 Å². The Labute approximate surface area is 178 Å². The molecule has 2 aromatic carbocycles. The molecule has 2 aromatic rings. The Kier molecular flexibility index (Phi) is 6.68. The van der Waals surface area contributed by atoms with Crippen LogP contribution in [0.2, 0.25) is 5.02 Å². The maximum Gasteiger partial charge on any atom is 0.331 e. The number of hydrogen-bond donors (Lipinski definition) is 1. The average Bonchev–Trinajstić information content (AvgIpc) is 3.19. The molecule has 0 bridgehead atoms. The second kappa shape index (κ2) is 9.41. The van der Waals surface area contributed by atoms with Crippen molar-refractivity contribution >= 4 is 35.2 Å². The summed E-state index contributed by atoms with van der Waals surface area (Å²) in [5.74, 6) is 0.794. The van der Waals surface area contributed by atoms with Gasteiger partial charge in [-0.25, -0.2) is 4.79 Å². The van der Waals surface area contributed by atoms with Crippen molar-refractivity contribution in [2.45, 2.75) is 13.0 Å². The van der Waals surface area contributed by atoms with Crippen molar-refractivity contribution in [2.24, 2.45) is 0 Å². The molecule has 0 saturated carbocycles. The summed E-state index contributed by atoms with van der Waals surface area (Å²) in [6.07, 6.45) is 1.68. The number of ether oxygens (including phenoxy) is 5. The molecule has 1 N–H and O–H groups in total. The fraction of sp³-hybridized carbons (Fsp3) is 0.238. The highest BCUT2D eigenvalue weighted by Crippen LogP contribution is 2.36. The fourth-order valence-corrected chi connectivity index (χ4v) is 2.98. The molecular weight excluding hydrogens is 414 g/mol. The largest absolute Gasteiger partial charge is 0.493 e. The van der Waals surface area contributed by atoms with Crippen LogP contribution in [0.4, 0.5) is 5.69 Å². The quantitative estimate of drug-likeness (QED) is 0.526. The lowest BCUT2D eigenvalue weighted by Gasteiger charge is -2.13. The second-order valence-corrected chi connectivity index (χ2v) is 6.62. The van der Waals surface area contributed by atoms with E-state index in [0.717, 1.165) is 0 Å². The minimum atomic E-state index is -1.01. The van der Waals surface area contributed by atoms with Gasteiger partial charge in [0, 0.05) is 17.8 Å². The van der Waals surface area contributed by atoms with Crippen LogP contribution < -0.4 is 24.3 Å². The molecule has 158 valence electrons. The van der Waals surface area contributed by atoms with E-state index < -0.39 is 18.0 Å². The Bertz CT molecular complexity index is 990. The van der Waals surface area contributed by atoms with Crippen LogP contribution in [0.1, 0.15) is 12.5 Å². The highest BCUT2D eigenvalue weighted by Gasteiger charge is 2.19. The average molecular weight is 434 g/mol. The van der Waals surface area contributed by atoms with Crippen LogP contribution in [0.25, 0.3) is 6.08 Å². The maximum atomic E-state index is 12.3. The van der Waals surface area contributed by atoms with E-state index in [9.17, 15) is 9.59 Å². The number of carbonyl (C=O) groups is 2. The summed E-state index contributed by atoms with van der Waals surface area (Å²) >= 11 is 6.14. The molecule has 1 aliphatic heterocycles. The summed E-state index contributed by atoms with van der Waals surface area (Å²) in [6, 6.07) is 8.26. The summed E-state index contributed by atoms with van der Waals surface area (Å²) in [7, 11) is 2.96. The van der Waals surface area contributed by atoms with Crippen molar-refractivity contribution in [3.8, 4) is 23.0 Å². The molecule has 0 aliphatic carbocycles. The smallest absolute Gasteiger partial charge is 0.331 e. The first-order valence-electron chi connectivity index (χ1n) is 8.92. The highest BCUT2D eigenvalue weighted by atomic mass is 35.5. The molecular formula is C21H20ClNO7. The van der Waals surface area contributed by atoms with Crippen LogP contribution in [0.3, 0.4) is 0 Å². The summed E-state index contributed by atoms with van der Waals surface area (Å²) in [4.78, 5) is 24.4. The molecule has 0 saturated heterocycles. The van der Waals surface area contributed by atoms with Gasteiger partial charge in [-0.3, -0.25) is 4.79 Å². The number of hydrogen-bond acceptors (Lipinski definition) is 7. The number of amides is 1. The van der Waals surface area contributed by atoms with Crippen LogP contribution in [0.15, 0.2) is 36.4 Å². The molecule has 0 aromatic heterocycles. The summed E-state index contributed by atoms with van der Waals surface area (Å²) < 4.78 is 26.0. The third kappa shape index (κ3) is 4.96. The Morgan fingerprint density at radius 2 is 1.90 bits per heavy atom. The predicted molar refractivity (Wildman–Crippen MR) is 110 cm³/mol. The Morgan fingerprint density at radius 1 is 1.13 bits per heavy atom. The van der Waals surface area contributed by atoms with Gasteiger partial charge in [0.1, 0.15) is 0 Å². The van der Waals surface area contributed by atoms with E-state index in [-0.39, 0.29) is 6.79 Å². The lowest BCUT2D eigenvalue weighted by molar-refractivity contribution is -0.148. The van der Waals surface area contributed by atoms with Gasteiger partial charge in [0.05, 0.1) is 19.2 Å². The minimum Gasteiger partial charge on any atom is -0.493 e. The molecule has 30 heavy (non-hydrogen) atoms. The van der Waals surface area contributed by atoms with Gasteiger partial charge in [-0.15, -0.1) is 0 Å². The topological polar surface area (TPSA) is 92.3 Å². The summed E-state index contributed by atoms with van der Waals surface area (Å²) in [5.41, 5.74) is 1.11. The lowest BCUT2D eigenvalue weighted by Crippen LogP contribution is -2.29. The number of carbonyl (C=O) groups excluding carboxylic acids is 2. The van der Waals surface area contributed by atoms with Crippen LogP contribution in [-0.2, 0) is 14.3 Å². The number of rotatable bonds is 7. The SMILES string of the molecule is COc1cc(/C=C/C(=O)OC(C)C(=O)Nc2ccc3c(c2)OCO3)cc(Cl)c1OC. The lowest BCUT2D eigenvalue weighted by atomic mass is 10.2. The normalized spacial score (nSPS) is 13.1. The first kappa shape index (κ1) is 21.3.